The molecule has 1 fully saturated rings. The number of methoxy groups -OCH3 is 1. The van der Waals surface area contributed by atoms with Crippen molar-refractivity contribution in [2.24, 2.45) is 0 Å². The zero-order chi connectivity index (χ0) is 19.3. The van der Waals surface area contributed by atoms with Crippen LogP contribution in [-0.4, -0.2) is 36.1 Å². The molecule has 1 N–H and O–H groups in total. The van der Waals surface area contributed by atoms with Crippen LogP contribution >= 0.6 is 0 Å². The number of benzene rings is 2. The molecule has 2 heterocycles. The third-order valence-electron chi connectivity index (χ3n) is 4.80. The lowest BCUT2D eigenvalue weighted by molar-refractivity contribution is 0.102. The van der Waals surface area contributed by atoms with Gasteiger partial charge in [-0.05, 0) is 43.2 Å². The normalized spacial score (nSPS) is 13.4. The number of ether oxygens (including phenoxy) is 1. The Bertz CT molecular complexity index is 966. The summed E-state index contributed by atoms with van der Waals surface area (Å²) in [6.07, 6.45) is 4.16. The van der Waals surface area contributed by atoms with E-state index in [1.165, 1.54) is 12.8 Å². The first-order valence-corrected chi connectivity index (χ1v) is 9.37. The van der Waals surface area contributed by atoms with Gasteiger partial charge in [0.05, 0.1) is 12.8 Å². The van der Waals surface area contributed by atoms with Crippen LogP contribution in [-0.2, 0) is 0 Å². The van der Waals surface area contributed by atoms with Crippen molar-refractivity contribution in [1.82, 2.24) is 9.97 Å². The Morgan fingerprint density at radius 1 is 1.07 bits per heavy atom. The fourth-order valence-corrected chi connectivity index (χ4v) is 3.28. The molecule has 3 aromatic rings. The first kappa shape index (κ1) is 18.0. The minimum absolute atomic E-state index is 0.166. The van der Waals surface area contributed by atoms with Crippen LogP contribution in [0.2, 0.25) is 0 Å². The van der Waals surface area contributed by atoms with E-state index >= 15 is 0 Å². The molecular formula is C22H22N4O2. The van der Waals surface area contributed by atoms with Gasteiger partial charge in [0, 0.05) is 42.2 Å². The number of aromatic nitrogens is 2. The predicted octanol–water partition coefficient (Wildman–Crippen LogP) is 4.00. The lowest BCUT2D eigenvalue weighted by Gasteiger charge is -2.15. The molecule has 1 saturated heterocycles. The summed E-state index contributed by atoms with van der Waals surface area (Å²) in [5, 5.41) is 2.89. The summed E-state index contributed by atoms with van der Waals surface area (Å²) in [5.41, 5.74) is 3.09. The predicted molar refractivity (Wildman–Crippen MR) is 110 cm³/mol. The van der Waals surface area contributed by atoms with Gasteiger partial charge in [-0.1, -0.05) is 18.2 Å². The third-order valence-corrected chi connectivity index (χ3v) is 4.80. The second-order valence-electron chi connectivity index (χ2n) is 6.70. The molecule has 0 bridgehead atoms. The number of hydrogen-bond acceptors (Lipinski definition) is 5. The van der Waals surface area contributed by atoms with E-state index in [4.69, 9.17) is 4.74 Å². The van der Waals surface area contributed by atoms with E-state index in [0.717, 1.165) is 30.3 Å². The molecule has 1 aliphatic heterocycles. The Morgan fingerprint density at radius 2 is 1.86 bits per heavy atom. The lowest BCUT2D eigenvalue weighted by atomic mass is 10.1. The average molecular weight is 374 g/mol. The van der Waals surface area contributed by atoms with Crippen LogP contribution in [0.25, 0.3) is 11.3 Å². The fraction of sp³-hybridized carbons (Fsp3) is 0.227. The molecule has 0 aliphatic carbocycles. The summed E-state index contributed by atoms with van der Waals surface area (Å²) in [5.74, 6) is 1.31. The number of hydrogen-bond donors (Lipinski definition) is 1. The summed E-state index contributed by atoms with van der Waals surface area (Å²) < 4.78 is 5.19. The monoisotopic (exact) mass is 374 g/mol. The van der Waals surface area contributed by atoms with Gasteiger partial charge in [0.25, 0.3) is 5.91 Å². The third kappa shape index (κ3) is 3.96. The van der Waals surface area contributed by atoms with Crippen LogP contribution in [0.4, 0.5) is 11.6 Å². The summed E-state index contributed by atoms with van der Waals surface area (Å²) in [6, 6.07) is 16.6. The number of carbonyl (C=O) groups excluding carboxylic acids is 1. The standard InChI is InChI=1S/C22H22N4O2/c1-28-19-6-4-5-18(15-19)24-21(27)17-9-7-16(8-10-17)20-11-12-23-22(25-20)26-13-2-3-14-26/h4-12,15H,2-3,13-14H2,1H3,(H,24,27). The number of amides is 1. The van der Waals surface area contributed by atoms with E-state index in [0.29, 0.717) is 17.0 Å². The highest BCUT2D eigenvalue weighted by atomic mass is 16.5. The van der Waals surface area contributed by atoms with E-state index in [-0.39, 0.29) is 5.91 Å². The molecule has 0 saturated carbocycles. The Hall–Kier alpha value is -3.41. The molecule has 2 aromatic carbocycles. The van der Waals surface area contributed by atoms with Gasteiger partial charge in [0.2, 0.25) is 5.95 Å². The van der Waals surface area contributed by atoms with Crippen LogP contribution in [0.15, 0.2) is 60.8 Å². The van der Waals surface area contributed by atoms with E-state index in [9.17, 15) is 4.79 Å². The highest BCUT2D eigenvalue weighted by Gasteiger charge is 2.15. The van der Waals surface area contributed by atoms with Crippen molar-refractivity contribution in [3.8, 4) is 17.0 Å². The van der Waals surface area contributed by atoms with Crippen molar-refractivity contribution in [3.63, 3.8) is 0 Å². The molecule has 1 aliphatic rings. The number of carbonyl (C=O) groups is 1. The van der Waals surface area contributed by atoms with Crippen molar-refractivity contribution in [2.45, 2.75) is 12.8 Å². The molecule has 0 unspecified atom stereocenters. The maximum absolute atomic E-state index is 12.5. The summed E-state index contributed by atoms with van der Waals surface area (Å²) in [4.78, 5) is 23.8. The zero-order valence-corrected chi connectivity index (χ0v) is 15.8. The lowest BCUT2D eigenvalue weighted by Crippen LogP contribution is -2.20. The quantitative estimate of drug-likeness (QED) is 0.731. The van der Waals surface area contributed by atoms with Gasteiger partial charge in [-0.2, -0.15) is 0 Å². The Balaban J connectivity index is 1.49. The van der Waals surface area contributed by atoms with Crippen molar-refractivity contribution in [1.29, 1.82) is 0 Å². The SMILES string of the molecule is COc1cccc(NC(=O)c2ccc(-c3ccnc(N4CCCC4)n3)cc2)c1. The van der Waals surface area contributed by atoms with Crippen molar-refractivity contribution >= 4 is 17.5 Å². The van der Waals surface area contributed by atoms with E-state index in [1.807, 2.05) is 48.5 Å². The van der Waals surface area contributed by atoms with Crippen LogP contribution in [0, 0.1) is 0 Å². The maximum atomic E-state index is 12.5. The smallest absolute Gasteiger partial charge is 0.255 e. The minimum Gasteiger partial charge on any atom is -0.497 e. The molecule has 1 aromatic heterocycles. The molecule has 0 spiro atoms. The second kappa shape index (κ2) is 8.08. The molecule has 6 heteroatoms. The van der Waals surface area contributed by atoms with Crippen molar-refractivity contribution < 1.29 is 9.53 Å². The summed E-state index contributed by atoms with van der Waals surface area (Å²) in [6.45, 7) is 2.01. The van der Waals surface area contributed by atoms with Crippen molar-refractivity contribution in [2.75, 3.05) is 30.4 Å². The largest absolute Gasteiger partial charge is 0.497 e. The Kier molecular flexibility index (Phi) is 5.19. The highest BCUT2D eigenvalue weighted by molar-refractivity contribution is 6.04. The topological polar surface area (TPSA) is 67.3 Å². The first-order chi connectivity index (χ1) is 13.7. The number of nitrogens with one attached hydrogen (secondary N) is 1. The minimum atomic E-state index is -0.166. The van der Waals surface area contributed by atoms with E-state index in [1.54, 1.807) is 19.4 Å². The highest BCUT2D eigenvalue weighted by Crippen LogP contribution is 2.22. The van der Waals surface area contributed by atoms with Gasteiger partial charge < -0.3 is 15.0 Å². The molecule has 142 valence electrons. The molecule has 1 amide bonds. The van der Waals surface area contributed by atoms with Crippen LogP contribution in [0.5, 0.6) is 5.75 Å². The van der Waals surface area contributed by atoms with Crippen LogP contribution in [0.1, 0.15) is 23.2 Å². The van der Waals surface area contributed by atoms with Crippen LogP contribution < -0.4 is 15.0 Å². The van der Waals surface area contributed by atoms with Crippen LogP contribution in [0.3, 0.4) is 0 Å². The van der Waals surface area contributed by atoms with E-state index < -0.39 is 0 Å². The molecule has 6 nitrogen and oxygen atoms in total. The first-order valence-electron chi connectivity index (χ1n) is 9.37. The Labute approximate surface area is 164 Å². The molecule has 4 rings (SSSR count). The average Bonchev–Trinajstić information content (AvgIpc) is 3.29. The fourth-order valence-electron chi connectivity index (χ4n) is 3.28. The second-order valence-corrected chi connectivity index (χ2v) is 6.70. The number of rotatable bonds is 5. The van der Waals surface area contributed by atoms with Gasteiger partial charge in [-0.25, -0.2) is 9.97 Å². The summed E-state index contributed by atoms with van der Waals surface area (Å²) >= 11 is 0. The van der Waals surface area contributed by atoms with Gasteiger partial charge >= 0.3 is 0 Å². The number of anilines is 2. The van der Waals surface area contributed by atoms with Crippen molar-refractivity contribution in [3.05, 3.63) is 66.4 Å². The maximum Gasteiger partial charge on any atom is 0.255 e. The van der Waals surface area contributed by atoms with Gasteiger partial charge in [-0.15, -0.1) is 0 Å². The molecule has 28 heavy (non-hydrogen) atoms. The molecular weight excluding hydrogens is 352 g/mol. The van der Waals surface area contributed by atoms with Gasteiger partial charge in [0.1, 0.15) is 5.75 Å². The van der Waals surface area contributed by atoms with Gasteiger partial charge in [0.15, 0.2) is 0 Å². The summed E-state index contributed by atoms with van der Waals surface area (Å²) in [7, 11) is 1.60. The zero-order valence-electron chi connectivity index (χ0n) is 15.8. The molecule has 0 atom stereocenters. The van der Waals surface area contributed by atoms with Gasteiger partial charge in [-0.3, -0.25) is 4.79 Å². The van der Waals surface area contributed by atoms with E-state index in [2.05, 4.69) is 20.2 Å². The molecule has 0 radical (unpaired) electrons. The Morgan fingerprint density at radius 3 is 2.61 bits per heavy atom. The number of nitrogens with zero attached hydrogens (tertiary/aromatic N) is 3.